The number of carbonyl (C=O) groups is 1. The fourth-order valence-corrected chi connectivity index (χ4v) is 3.91. The second-order valence-electron chi connectivity index (χ2n) is 7.63. The highest BCUT2D eigenvalue weighted by Crippen LogP contribution is 2.21. The predicted octanol–water partition coefficient (Wildman–Crippen LogP) is -0.0390. The van der Waals surface area contributed by atoms with E-state index in [1.54, 1.807) is 7.05 Å². The molecular weight excluding hydrogens is 400 g/mol. The number of aryl methyl sites for hydroxylation is 3. The maximum Gasteiger partial charge on any atom is 0.329 e. The van der Waals surface area contributed by atoms with Crippen LogP contribution < -0.4 is 16.1 Å². The van der Waals surface area contributed by atoms with Crippen LogP contribution in [0.15, 0.2) is 39.9 Å². The summed E-state index contributed by atoms with van der Waals surface area (Å²) in [6, 6.07) is 10.0. The Balaban J connectivity index is 1.66. The van der Waals surface area contributed by atoms with Gasteiger partial charge < -0.3 is 14.2 Å². The standard InChI is InChI=1S/C21H26N6O4/c1-24-18-17(19(29)23-21(24)30)27(9-8-15-6-4-3-5-7-15)20(22-18)26-12-10-25(11-13-26)14-16(28)31-2/h3-7H,8-14H2,1-2H3,(H,23,29,30). The SMILES string of the molecule is COC(=O)CN1CCN(c2nc3c(c(=O)[nH]c(=O)n3C)n2CCc2ccccc2)CC1. The minimum atomic E-state index is -0.486. The van der Waals surface area contributed by atoms with Crippen LogP contribution in [0.4, 0.5) is 5.95 Å². The maximum absolute atomic E-state index is 12.7. The second-order valence-corrected chi connectivity index (χ2v) is 7.63. The molecule has 0 spiro atoms. The molecule has 1 aliphatic rings. The Kier molecular flexibility index (Phi) is 5.90. The van der Waals surface area contributed by atoms with Gasteiger partial charge in [0.25, 0.3) is 5.56 Å². The van der Waals surface area contributed by atoms with Gasteiger partial charge in [0, 0.05) is 39.8 Å². The smallest absolute Gasteiger partial charge is 0.329 e. The lowest BCUT2D eigenvalue weighted by atomic mass is 10.1. The first-order chi connectivity index (χ1) is 15.0. The molecule has 0 radical (unpaired) electrons. The number of fused-ring (bicyclic) bond motifs is 1. The van der Waals surface area contributed by atoms with Gasteiger partial charge in [-0.15, -0.1) is 0 Å². The molecule has 0 unspecified atom stereocenters. The number of piperazine rings is 1. The number of H-pyrrole nitrogens is 1. The van der Waals surface area contributed by atoms with Crippen LogP contribution in [0.2, 0.25) is 0 Å². The van der Waals surface area contributed by atoms with E-state index in [9.17, 15) is 14.4 Å². The van der Waals surface area contributed by atoms with Crippen LogP contribution in [0.5, 0.6) is 0 Å². The van der Waals surface area contributed by atoms with E-state index in [1.807, 2.05) is 39.8 Å². The van der Waals surface area contributed by atoms with Gasteiger partial charge in [0.05, 0.1) is 13.7 Å². The van der Waals surface area contributed by atoms with Crippen LogP contribution >= 0.6 is 0 Å². The summed E-state index contributed by atoms with van der Waals surface area (Å²) < 4.78 is 8.02. The number of hydrogen-bond acceptors (Lipinski definition) is 7. The summed E-state index contributed by atoms with van der Waals surface area (Å²) >= 11 is 0. The zero-order valence-corrected chi connectivity index (χ0v) is 17.7. The molecule has 0 aliphatic carbocycles. The molecule has 0 amide bonds. The lowest BCUT2D eigenvalue weighted by Crippen LogP contribution is -2.49. The van der Waals surface area contributed by atoms with Crippen molar-refractivity contribution in [3.8, 4) is 0 Å². The molecule has 0 atom stereocenters. The molecule has 10 nitrogen and oxygen atoms in total. The lowest BCUT2D eigenvalue weighted by Gasteiger charge is -2.34. The average molecular weight is 426 g/mol. The maximum atomic E-state index is 12.7. The number of carbonyl (C=O) groups excluding carboxylic acids is 1. The van der Waals surface area contributed by atoms with Crippen molar-refractivity contribution in [3.05, 3.63) is 56.7 Å². The Labute approximate surface area is 178 Å². The van der Waals surface area contributed by atoms with Gasteiger partial charge in [-0.1, -0.05) is 30.3 Å². The molecule has 1 saturated heterocycles. The lowest BCUT2D eigenvalue weighted by molar-refractivity contribution is -0.142. The zero-order chi connectivity index (χ0) is 22.0. The summed E-state index contributed by atoms with van der Waals surface area (Å²) in [6.07, 6.45) is 0.726. The molecule has 3 heterocycles. The Morgan fingerprint density at radius 3 is 2.52 bits per heavy atom. The van der Waals surface area contributed by atoms with Crippen LogP contribution in [0.1, 0.15) is 5.56 Å². The van der Waals surface area contributed by atoms with E-state index in [0.717, 1.165) is 12.0 Å². The van der Waals surface area contributed by atoms with Crippen molar-refractivity contribution in [2.24, 2.45) is 7.05 Å². The topological polar surface area (TPSA) is 105 Å². The number of anilines is 1. The third kappa shape index (κ3) is 4.24. The Hall–Kier alpha value is -3.40. The normalized spacial score (nSPS) is 14.8. The van der Waals surface area contributed by atoms with Gasteiger partial charge in [-0.05, 0) is 12.0 Å². The number of hydrogen-bond donors (Lipinski definition) is 1. The van der Waals surface area contributed by atoms with Crippen molar-refractivity contribution >= 4 is 23.1 Å². The van der Waals surface area contributed by atoms with E-state index in [-0.39, 0.29) is 12.5 Å². The minimum absolute atomic E-state index is 0.253. The summed E-state index contributed by atoms with van der Waals surface area (Å²) in [6.45, 7) is 3.45. The van der Waals surface area contributed by atoms with Gasteiger partial charge in [0.15, 0.2) is 11.2 Å². The number of esters is 1. The minimum Gasteiger partial charge on any atom is -0.468 e. The number of aromatic nitrogens is 4. The van der Waals surface area contributed by atoms with E-state index in [4.69, 9.17) is 9.72 Å². The van der Waals surface area contributed by atoms with E-state index in [0.29, 0.717) is 49.8 Å². The van der Waals surface area contributed by atoms with E-state index in [2.05, 4.69) is 9.88 Å². The highest BCUT2D eigenvalue weighted by molar-refractivity contribution is 5.74. The molecule has 1 N–H and O–H groups in total. The van der Waals surface area contributed by atoms with Gasteiger partial charge in [-0.2, -0.15) is 4.98 Å². The predicted molar refractivity (Wildman–Crippen MR) is 116 cm³/mol. The van der Waals surface area contributed by atoms with Crippen LogP contribution in [0.25, 0.3) is 11.2 Å². The van der Waals surface area contributed by atoms with Crippen molar-refractivity contribution in [3.63, 3.8) is 0 Å². The van der Waals surface area contributed by atoms with Crippen molar-refractivity contribution in [1.29, 1.82) is 0 Å². The molecule has 1 aromatic carbocycles. The first-order valence-electron chi connectivity index (χ1n) is 10.3. The Morgan fingerprint density at radius 1 is 1.13 bits per heavy atom. The number of benzene rings is 1. The molecule has 1 fully saturated rings. The van der Waals surface area contributed by atoms with Crippen LogP contribution in [-0.4, -0.2) is 69.8 Å². The third-order valence-electron chi connectivity index (χ3n) is 5.69. The third-order valence-corrected chi connectivity index (χ3v) is 5.69. The number of ether oxygens (including phenoxy) is 1. The van der Waals surface area contributed by atoms with Gasteiger partial charge in [-0.3, -0.25) is 24.0 Å². The molecule has 164 valence electrons. The molecule has 1 aliphatic heterocycles. The monoisotopic (exact) mass is 426 g/mol. The van der Waals surface area contributed by atoms with Gasteiger partial charge in [0.1, 0.15) is 0 Å². The highest BCUT2D eigenvalue weighted by Gasteiger charge is 2.25. The summed E-state index contributed by atoms with van der Waals surface area (Å²) in [5.74, 6) is 0.403. The number of imidazole rings is 1. The molecule has 31 heavy (non-hydrogen) atoms. The number of aromatic amines is 1. The van der Waals surface area contributed by atoms with Crippen molar-refractivity contribution in [2.45, 2.75) is 13.0 Å². The summed E-state index contributed by atoms with van der Waals surface area (Å²) in [4.78, 5) is 47.5. The average Bonchev–Trinajstić information content (AvgIpc) is 3.17. The fraction of sp³-hybridized carbons (Fsp3) is 0.429. The largest absolute Gasteiger partial charge is 0.468 e. The summed E-state index contributed by atoms with van der Waals surface area (Å²) in [7, 11) is 2.99. The Morgan fingerprint density at radius 2 is 1.84 bits per heavy atom. The molecule has 0 saturated carbocycles. The van der Waals surface area contributed by atoms with Crippen LogP contribution in [-0.2, 0) is 29.5 Å². The highest BCUT2D eigenvalue weighted by atomic mass is 16.5. The molecule has 3 aromatic rings. The quantitative estimate of drug-likeness (QED) is 0.552. The summed E-state index contributed by atoms with van der Waals surface area (Å²) in [5.41, 5.74) is 0.993. The van der Waals surface area contributed by atoms with E-state index >= 15 is 0 Å². The van der Waals surface area contributed by atoms with Gasteiger partial charge >= 0.3 is 11.7 Å². The van der Waals surface area contributed by atoms with E-state index < -0.39 is 11.2 Å². The number of nitrogens with zero attached hydrogens (tertiary/aromatic N) is 5. The van der Waals surface area contributed by atoms with Crippen molar-refractivity contribution in [2.75, 3.05) is 44.7 Å². The van der Waals surface area contributed by atoms with Gasteiger partial charge in [0.2, 0.25) is 5.95 Å². The van der Waals surface area contributed by atoms with Crippen molar-refractivity contribution in [1.82, 2.24) is 24.0 Å². The van der Waals surface area contributed by atoms with Crippen LogP contribution in [0.3, 0.4) is 0 Å². The number of nitrogens with one attached hydrogen (secondary N) is 1. The molecular formula is C21H26N6O4. The fourth-order valence-electron chi connectivity index (χ4n) is 3.91. The van der Waals surface area contributed by atoms with Crippen LogP contribution in [0, 0.1) is 0 Å². The number of methoxy groups -OCH3 is 1. The molecule has 4 rings (SSSR count). The zero-order valence-electron chi connectivity index (χ0n) is 17.7. The summed E-state index contributed by atoms with van der Waals surface area (Å²) in [5, 5.41) is 0. The molecule has 0 bridgehead atoms. The Bertz CT molecular complexity index is 1190. The first kappa shape index (κ1) is 20.9. The first-order valence-corrected chi connectivity index (χ1v) is 10.3. The molecule has 10 heteroatoms. The number of rotatable bonds is 6. The second kappa shape index (κ2) is 8.76. The van der Waals surface area contributed by atoms with E-state index in [1.165, 1.54) is 11.7 Å². The van der Waals surface area contributed by atoms with Crippen molar-refractivity contribution < 1.29 is 9.53 Å². The van der Waals surface area contributed by atoms with Gasteiger partial charge in [-0.25, -0.2) is 4.79 Å². The molecule has 2 aromatic heterocycles.